The third-order valence-corrected chi connectivity index (χ3v) is 2.85. The second-order valence-electron chi connectivity index (χ2n) is 4.66. The molecule has 126 valence electrons. The molecule has 0 fully saturated rings. The summed E-state index contributed by atoms with van der Waals surface area (Å²) in [7, 11) is 3.19. The Labute approximate surface area is 149 Å². The van der Waals surface area contributed by atoms with E-state index in [1.807, 2.05) is 26.0 Å². The highest BCUT2D eigenvalue weighted by molar-refractivity contribution is 14.0. The highest BCUT2D eigenvalue weighted by atomic mass is 127. The number of nitrogens with zero attached hydrogens (tertiary/aromatic N) is 1. The number of ether oxygens (including phenoxy) is 2. The van der Waals surface area contributed by atoms with E-state index < -0.39 is 0 Å². The normalized spacial score (nSPS) is 12.3. The van der Waals surface area contributed by atoms with E-state index in [-0.39, 0.29) is 35.8 Å². The van der Waals surface area contributed by atoms with Crippen LogP contribution >= 0.6 is 24.0 Å². The van der Waals surface area contributed by atoms with Crippen molar-refractivity contribution < 1.29 is 14.6 Å². The van der Waals surface area contributed by atoms with Crippen LogP contribution in [0.3, 0.4) is 0 Å². The number of para-hydroxylation sites is 1. The van der Waals surface area contributed by atoms with Crippen LogP contribution in [0.5, 0.6) is 11.5 Å². The van der Waals surface area contributed by atoms with Gasteiger partial charge in [0.2, 0.25) is 0 Å². The van der Waals surface area contributed by atoms with Gasteiger partial charge in [-0.1, -0.05) is 12.1 Å². The molecule has 1 aromatic carbocycles. The number of aliphatic imine (C=N–C) groups is 1. The number of methoxy groups -OCH3 is 2. The van der Waals surface area contributed by atoms with Gasteiger partial charge in [-0.3, -0.25) is 0 Å². The SMILES string of the molecule is CCNC(=NCc1cccc(OC)c1O)NC(C)COC.I. The first kappa shape index (κ1) is 20.8. The molecule has 0 spiro atoms. The first-order valence-electron chi connectivity index (χ1n) is 7.01. The molecule has 0 aliphatic rings. The molecular formula is C15H26IN3O3. The van der Waals surface area contributed by atoms with Crippen molar-refractivity contribution >= 4 is 29.9 Å². The van der Waals surface area contributed by atoms with E-state index in [9.17, 15) is 5.11 Å². The van der Waals surface area contributed by atoms with Crippen molar-refractivity contribution in [2.45, 2.75) is 26.4 Å². The van der Waals surface area contributed by atoms with Crippen LogP contribution in [-0.2, 0) is 11.3 Å². The molecule has 22 heavy (non-hydrogen) atoms. The van der Waals surface area contributed by atoms with Crippen molar-refractivity contribution in [1.82, 2.24) is 10.6 Å². The lowest BCUT2D eigenvalue weighted by molar-refractivity contribution is 0.179. The number of aromatic hydroxyl groups is 1. The molecule has 1 atom stereocenters. The Bertz CT molecular complexity index is 469. The third-order valence-electron chi connectivity index (χ3n) is 2.85. The summed E-state index contributed by atoms with van der Waals surface area (Å²) in [6.07, 6.45) is 0. The summed E-state index contributed by atoms with van der Waals surface area (Å²) in [5.41, 5.74) is 0.714. The number of phenols is 1. The van der Waals surface area contributed by atoms with E-state index in [1.54, 1.807) is 13.2 Å². The average Bonchev–Trinajstić information content (AvgIpc) is 2.46. The van der Waals surface area contributed by atoms with Gasteiger partial charge in [-0.25, -0.2) is 4.99 Å². The zero-order valence-corrected chi connectivity index (χ0v) is 15.9. The number of phenolic OH excluding ortho intramolecular Hbond substituents is 1. The molecule has 0 radical (unpaired) electrons. The van der Waals surface area contributed by atoms with Crippen molar-refractivity contribution in [1.29, 1.82) is 0 Å². The highest BCUT2D eigenvalue weighted by Gasteiger charge is 2.08. The summed E-state index contributed by atoms with van der Waals surface area (Å²) in [5.74, 6) is 1.27. The maximum atomic E-state index is 10.0. The molecule has 0 saturated heterocycles. The van der Waals surface area contributed by atoms with E-state index in [2.05, 4.69) is 15.6 Å². The van der Waals surface area contributed by atoms with Crippen LogP contribution < -0.4 is 15.4 Å². The summed E-state index contributed by atoms with van der Waals surface area (Å²) in [4.78, 5) is 4.47. The zero-order valence-electron chi connectivity index (χ0n) is 13.5. The molecule has 3 N–H and O–H groups in total. The van der Waals surface area contributed by atoms with Crippen LogP contribution in [0.15, 0.2) is 23.2 Å². The largest absolute Gasteiger partial charge is 0.504 e. The molecule has 1 unspecified atom stereocenters. The molecule has 0 aliphatic carbocycles. The van der Waals surface area contributed by atoms with Gasteiger partial charge in [-0.05, 0) is 19.9 Å². The fraction of sp³-hybridized carbons (Fsp3) is 0.533. The summed E-state index contributed by atoms with van der Waals surface area (Å²) in [5, 5.41) is 16.4. The van der Waals surface area contributed by atoms with Crippen molar-refractivity contribution in [2.75, 3.05) is 27.4 Å². The van der Waals surface area contributed by atoms with Crippen LogP contribution in [0, 0.1) is 0 Å². The summed E-state index contributed by atoms with van der Waals surface area (Å²) < 4.78 is 10.2. The van der Waals surface area contributed by atoms with Gasteiger partial charge in [0, 0.05) is 25.3 Å². The van der Waals surface area contributed by atoms with Gasteiger partial charge in [0.15, 0.2) is 17.5 Å². The lowest BCUT2D eigenvalue weighted by Gasteiger charge is -2.17. The minimum absolute atomic E-state index is 0. The second kappa shape index (κ2) is 11.4. The van der Waals surface area contributed by atoms with E-state index in [4.69, 9.17) is 9.47 Å². The van der Waals surface area contributed by atoms with Gasteiger partial charge in [-0.2, -0.15) is 0 Å². The molecule has 0 aromatic heterocycles. The lowest BCUT2D eigenvalue weighted by Crippen LogP contribution is -2.43. The maximum absolute atomic E-state index is 10.0. The van der Waals surface area contributed by atoms with Crippen molar-refractivity contribution in [3.05, 3.63) is 23.8 Å². The molecule has 1 aromatic rings. The first-order valence-corrected chi connectivity index (χ1v) is 7.01. The number of hydrogen-bond donors (Lipinski definition) is 3. The molecule has 6 nitrogen and oxygen atoms in total. The number of halogens is 1. The van der Waals surface area contributed by atoms with Gasteiger partial charge >= 0.3 is 0 Å². The molecule has 7 heteroatoms. The first-order chi connectivity index (χ1) is 10.1. The number of benzene rings is 1. The Balaban J connectivity index is 0.00000441. The summed E-state index contributed by atoms with van der Waals surface area (Å²) in [6, 6.07) is 5.51. The third kappa shape index (κ3) is 6.69. The predicted molar refractivity (Wildman–Crippen MR) is 99.4 cm³/mol. The van der Waals surface area contributed by atoms with Crippen LogP contribution in [0.25, 0.3) is 0 Å². The van der Waals surface area contributed by atoms with E-state index >= 15 is 0 Å². The van der Waals surface area contributed by atoms with E-state index in [0.29, 0.717) is 30.4 Å². The van der Waals surface area contributed by atoms with Crippen LogP contribution in [-0.4, -0.2) is 44.5 Å². The fourth-order valence-corrected chi connectivity index (χ4v) is 1.87. The topological polar surface area (TPSA) is 75.1 Å². The maximum Gasteiger partial charge on any atom is 0.191 e. The van der Waals surface area contributed by atoms with Crippen molar-refractivity contribution in [3.8, 4) is 11.5 Å². The minimum atomic E-state index is 0. The minimum Gasteiger partial charge on any atom is -0.504 e. The lowest BCUT2D eigenvalue weighted by atomic mass is 10.2. The Hall–Kier alpha value is -1.22. The average molecular weight is 423 g/mol. The Kier molecular flexibility index (Phi) is 10.7. The molecule has 0 amide bonds. The van der Waals surface area contributed by atoms with Crippen molar-refractivity contribution in [3.63, 3.8) is 0 Å². The molecule has 1 rings (SSSR count). The number of rotatable bonds is 7. The number of nitrogens with one attached hydrogen (secondary N) is 2. The van der Waals surface area contributed by atoms with Crippen molar-refractivity contribution in [2.24, 2.45) is 4.99 Å². The second-order valence-corrected chi connectivity index (χ2v) is 4.66. The monoisotopic (exact) mass is 423 g/mol. The number of hydrogen-bond acceptors (Lipinski definition) is 4. The van der Waals surface area contributed by atoms with Gasteiger partial charge in [-0.15, -0.1) is 24.0 Å². The zero-order chi connectivity index (χ0) is 15.7. The fourth-order valence-electron chi connectivity index (χ4n) is 1.87. The Morgan fingerprint density at radius 3 is 2.68 bits per heavy atom. The Morgan fingerprint density at radius 2 is 2.09 bits per heavy atom. The van der Waals surface area contributed by atoms with Gasteiger partial charge in [0.25, 0.3) is 0 Å². The molecule has 0 aliphatic heterocycles. The summed E-state index contributed by atoms with van der Waals surface area (Å²) >= 11 is 0. The predicted octanol–water partition coefficient (Wildman–Crippen LogP) is 2.11. The summed E-state index contributed by atoms with van der Waals surface area (Å²) in [6.45, 7) is 5.73. The van der Waals surface area contributed by atoms with Crippen LogP contribution in [0.4, 0.5) is 0 Å². The molecular weight excluding hydrogens is 397 g/mol. The molecule has 0 bridgehead atoms. The molecule has 0 heterocycles. The van der Waals surface area contributed by atoms with Gasteiger partial charge < -0.3 is 25.2 Å². The Morgan fingerprint density at radius 1 is 1.36 bits per heavy atom. The van der Waals surface area contributed by atoms with Crippen LogP contribution in [0.1, 0.15) is 19.4 Å². The quantitative estimate of drug-likeness (QED) is 0.356. The van der Waals surface area contributed by atoms with Crippen LogP contribution in [0.2, 0.25) is 0 Å². The van der Waals surface area contributed by atoms with Gasteiger partial charge in [0.1, 0.15) is 0 Å². The van der Waals surface area contributed by atoms with E-state index in [1.165, 1.54) is 7.11 Å². The molecule has 0 saturated carbocycles. The standard InChI is InChI=1S/C15H25N3O3.HI/c1-5-16-15(18-11(2)10-20-3)17-9-12-7-6-8-13(21-4)14(12)19;/h6-8,11,19H,5,9-10H2,1-4H3,(H2,16,17,18);1H. The van der Waals surface area contributed by atoms with Gasteiger partial charge in [0.05, 0.1) is 20.3 Å². The highest BCUT2D eigenvalue weighted by Crippen LogP contribution is 2.29. The number of guanidine groups is 1. The van der Waals surface area contributed by atoms with E-state index in [0.717, 1.165) is 6.54 Å². The smallest absolute Gasteiger partial charge is 0.191 e.